The largest absolute Gasteiger partial charge is 0.417 e. The second kappa shape index (κ2) is 10.9. The molecule has 1 amide bonds. The lowest BCUT2D eigenvalue weighted by molar-refractivity contribution is -0.137. The fourth-order valence-corrected chi connectivity index (χ4v) is 6.07. The summed E-state index contributed by atoms with van der Waals surface area (Å²) in [6, 6.07) is 10.1. The zero-order valence-electron chi connectivity index (χ0n) is 24.4. The average Bonchev–Trinajstić information content (AvgIpc) is 3.58. The van der Waals surface area contributed by atoms with Gasteiger partial charge in [-0.3, -0.25) is 14.2 Å². The van der Waals surface area contributed by atoms with Crippen molar-refractivity contribution in [3.8, 4) is 16.9 Å². The molecule has 0 unspecified atom stereocenters. The number of benzene rings is 2. The number of carbonyl (C=O) groups is 1. The molecule has 2 aromatic carbocycles. The summed E-state index contributed by atoms with van der Waals surface area (Å²) in [6.45, 7) is 7.77. The van der Waals surface area contributed by atoms with Crippen molar-refractivity contribution >= 4 is 23.2 Å². The van der Waals surface area contributed by atoms with Crippen LogP contribution in [0.15, 0.2) is 53.5 Å². The summed E-state index contributed by atoms with van der Waals surface area (Å²) in [4.78, 5) is 29.4. The van der Waals surface area contributed by atoms with E-state index < -0.39 is 28.7 Å². The molecule has 0 spiro atoms. The average molecular weight is 624 g/mol. The van der Waals surface area contributed by atoms with Gasteiger partial charge >= 0.3 is 6.18 Å². The van der Waals surface area contributed by atoms with Crippen molar-refractivity contribution in [1.29, 1.82) is 0 Å². The Labute approximate surface area is 255 Å². The Hall–Kier alpha value is -4.45. The fourth-order valence-electron chi connectivity index (χ4n) is 5.85. The van der Waals surface area contributed by atoms with Crippen LogP contribution in [-0.2, 0) is 25.6 Å². The molecule has 0 saturated carbocycles. The van der Waals surface area contributed by atoms with Gasteiger partial charge in [0.15, 0.2) is 0 Å². The smallest absolute Gasteiger partial charge is 0.330 e. The number of carbonyl (C=O) groups excluding carboxylic acids is 1. The number of nitrogens with zero attached hydrogens (tertiary/aromatic N) is 6. The molecule has 0 saturated heterocycles. The SMILES string of the molecule is Cc1n[nH]nc1-c1ccc(-n2c(=O)c3c(n4ncc(CC(C)C)c24)CN(C(=O)c2ccc(Cl)c(C(F)(F)F)c2)[C@H](C)C3)cc1. The van der Waals surface area contributed by atoms with E-state index in [0.717, 1.165) is 29.0 Å². The first-order valence-electron chi connectivity index (χ1n) is 14.1. The molecule has 13 heteroatoms. The second-order valence-corrected chi connectivity index (χ2v) is 12.0. The van der Waals surface area contributed by atoms with E-state index in [1.54, 1.807) is 22.2 Å². The Morgan fingerprint density at radius 1 is 1.14 bits per heavy atom. The summed E-state index contributed by atoms with van der Waals surface area (Å²) in [7, 11) is 0. The van der Waals surface area contributed by atoms with E-state index in [1.165, 1.54) is 11.0 Å². The molecule has 0 bridgehead atoms. The maximum Gasteiger partial charge on any atom is 0.417 e. The minimum Gasteiger partial charge on any atom is -0.330 e. The van der Waals surface area contributed by atoms with Crippen molar-refractivity contribution < 1.29 is 18.0 Å². The van der Waals surface area contributed by atoms with Gasteiger partial charge in [-0.2, -0.15) is 33.7 Å². The molecule has 228 valence electrons. The van der Waals surface area contributed by atoms with E-state index in [2.05, 4.69) is 34.4 Å². The van der Waals surface area contributed by atoms with Crippen LogP contribution >= 0.6 is 11.6 Å². The van der Waals surface area contributed by atoms with Crippen LogP contribution in [0.2, 0.25) is 5.02 Å². The fraction of sp³-hybridized carbons (Fsp3) is 0.323. The summed E-state index contributed by atoms with van der Waals surface area (Å²) < 4.78 is 44.0. The number of aromatic nitrogens is 6. The van der Waals surface area contributed by atoms with Crippen LogP contribution in [-0.4, -0.2) is 46.4 Å². The summed E-state index contributed by atoms with van der Waals surface area (Å²) in [5.74, 6) is -0.318. The van der Waals surface area contributed by atoms with Crippen molar-refractivity contribution in [2.24, 2.45) is 5.92 Å². The van der Waals surface area contributed by atoms with Crippen LogP contribution in [0.3, 0.4) is 0 Å². The highest BCUT2D eigenvalue weighted by Crippen LogP contribution is 2.36. The number of H-pyrrole nitrogens is 1. The van der Waals surface area contributed by atoms with Crippen molar-refractivity contribution in [3.05, 3.63) is 97.7 Å². The number of hydrogen-bond donors (Lipinski definition) is 1. The first-order chi connectivity index (χ1) is 20.8. The van der Waals surface area contributed by atoms with Crippen LogP contribution in [0.1, 0.15) is 59.2 Å². The van der Waals surface area contributed by atoms with Gasteiger partial charge in [-0.1, -0.05) is 37.6 Å². The number of halogens is 4. The molecule has 0 aliphatic carbocycles. The van der Waals surface area contributed by atoms with E-state index in [4.69, 9.17) is 11.6 Å². The monoisotopic (exact) mass is 623 g/mol. The Morgan fingerprint density at radius 3 is 2.50 bits per heavy atom. The third-order valence-corrected chi connectivity index (χ3v) is 8.30. The maximum atomic E-state index is 14.3. The molecule has 4 heterocycles. The molecule has 1 N–H and O–H groups in total. The van der Waals surface area contributed by atoms with Gasteiger partial charge in [0.25, 0.3) is 11.5 Å². The molecule has 9 nitrogen and oxygen atoms in total. The minimum atomic E-state index is -4.71. The molecular formula is C31H29ClF3N7O2. The predicted molar refractivity (Wildman–Crippen MR) is 159 cm³/mol. The number of nitrogens with one attached hydrogen (secondary N) is 1. The standard InChI is InChI=1S/C31H29ClF3N7O2/c1-16(2)11-21-14-36-42-26-15-40(29(43)20-7-10-25(32)24(13-20)31(33,34)35)17(3)12-23(26)30(44)41(28(21)42)22-8-5-19(6-9-22)27-18(4)37-39-38-27/h5-10,13-14,16-17H,11-12,15H2,1-4H3,(H,37,38,39)/t17-/m1/s1. The number of rotatable bonds is 5. The summed E-state index contributed by atoms with van der Waals surface area (Å²) in [5.41, 5.74) is 3.99. The lowest BCUT2D eigenvalue weighted by Crippen LogP contribution is -2.46. The van der Waals surface area contributed by atoms with Gasteiger partial charge in [0.05, 0.1) is 40.4 Å². The first-order valence-corrected chi connectivity index (χ1v) is 14.5. The molecule has 1 aliphatic rings. The number of aryl methyl sites for hydroxylation is 1. The summed E-state index contributed by atoms with van der Waals surface area (Å²) in [5, 5.41) is 15.1. The molecule has 0 fully saturated rings. The topological polar surface area (TPSA) is 101 Å². The minimum absolute atomic E-state index is 0.000930. The van der Waals surface area contributed by atoms with Gasteiger partial charge in [-0.25, -0.2) is 4.52 Å². The molecule has 6 rings (SSSR count). The molecule has 44 heavy (non-hydrogen) atoms. The van der Waals surface area contributed by atoms with Crippen LogP contribution in [0, 0.1) is 12.8 Å². The lowest BCUT2D eigenvalue weighted by Gasteiger charge is -2.35. The highest BCUT2D eigenvalue weighted by Gasteiger charge is 2.36. The lowest BCUT2D eigenvalue weighted by atomic mass is 9.97. The zero-order valence-corrected chi connectivity index (χ0v) is 25.2. The maximum absolute atomic E-state index is 14.3. The second-order valence-electron chi connectivity index (χ2n) is 11.6. The van der Waals surface area contributed by atoms with E-state index in [-0.39, 0.29) is 30.0 Å². The zero-order chi connectivity index (χ0) is 31.5. The number of alkyl halides is 3. The molecule has 1 aliphatic heterocycles. The summed E-state index contributed by atoms with van der Waals surface area (Å²) in [6.07, 6.45) is -2.12. The Balaban J connectivity index is 1.46. The van der Waals surface area contributed by atoms with Crippen LogP contribution in [0.4, 0.5) is 13.2 Å². The Bertz CT molecular complexity index is 1960. The number of aromatic amines is 1. The molecule has 3 aromatic heterocycles. The molecule has 5 aromatic rings. The van der Waals surface area contributed by atoms with E-state index in [1.807, 2.05) is 31.2 Å². The number of fused-ring (bicyclic) bond motifs is 3. The van der Waals surface area contributed by atoms with Crippen molar-refractivity contribution in [2.45, 2.75) is 59.3 Å². The van der Waals surface area contributed by atoms with Gasteiger partial charge in [-0.05, 0) is 62.9 Å². The van der Waals surface area contributed by atoms with Gasteiger partial charge < -0.3 is 4.90 Å². The van der Waals surface area contributed by atoms with E-state index >= 15 is 0 Å². The van der Waals surface area contributed by atoms with Crippen LogP contribution in [0.25, 0.3) is 22.6 Å². The third kappa shape index (κ3) is 5.06. The van der Waals surface area contributed by atoms with Gasteiger partial charge in [0.2, 0.25) is 0 Å². The van der Waals surface area contributed by atoms with Gasteiger partial charge in [-0.15, -0.1) is 0 Å². The Kier molecular flexibility index (Phi) is 7.35. The number of hydrogen-bond acceptors (Lipinski definition) is 5. The molecule has 1 atom stereocenters. The van der Waals surface area contributed by atoms with Gasteiger partial charge in [0, 0.05) is 28.3 Å². The summed E-state index contributed by atoms with van der Waals surface area (Å²) >= 11 is 5.79. The molecule has 0 radical (unpaired) electrons. The van der Waals surface area contributed by atoms with Gasteiger partial charge in [0.1, 0.15) is 11.3 Å². The highest BCUT2D eigenvalue weighted by molar-refractivity contribution is 6.31. The predicted octanol–water partition coefficient (Wildman–Crippen LogP) is 6.04. The van der Waals surface area contributed by atoms with Crippen LogP contribution < -0.4 is 5.56 Å². The molecular weight excluding hydrogens is 595 g/mol. The van der Waals surface area contributed by atoms with E-state index in [9.17, 15) is 22.8 Å². The quantitative estimate of drug-likeness (QED) is 0.257. The highest BCUT2D eigenvalue weighted by atomic mass is 35.5. The van der Waals surface area contributed by atoms with Crippen molar-refractivity contribution in [1.82, 2.24) is 34.5 Å². The first kappa shape index (κ1) is 29.6. The third-order valence-electron chi connectivity index (χ3n) is 7.97. The van der Waals surface area contributed by atoms with Crippen molar-refractivity contribution in [3.63, 3.8) is 0 Å². The normalized spacial score (nSPS) is 15.3. The van der Waals surface area contributed by atoms with Crippen molar-refractivity contribution in [2.75, 3.05) is 0 Å². The Morgan fingerprint density at radius 2 is 1.86 bits per heavy atom. The van der Waals surface area contributed by atoms with Crippen LogP contribution in [0.5, 0.6) is 0 Å². The van der Waals surface area contributed by atoms with E-state index in [0.29, 0.717) is 34.7 Å². The number of amides is 1.